The summed E-state index contributed by atoms with van der Waals surface area (Å²) in [5.41, 5.74) is 1.25. The predicted octanol–water partition coefficient (Wildman–Crippen LogP) is 3.65. The van der Waals surface area contributed by atoms with Crippen LogP contribution in [0, 0.1) is 5.92 Å². The first-order valence-corrected chi connectivity index (χ1v) is 5.46. The summed E-state index contributed by atoms with van der Waals surface area (Å²) < 4.78 is 0. The van der Waals surface area contributed by atoms with Crippen LogP contribution >= 0.6 is 11.6 Å². The fourth-order valence-corrected chi connectivity index (χ4v) is 1.50. The van der Waals surface area contributed by atoms with Gasteiger partial charge >= 0.3 is 0 Å². The van der Waals surface area contributed by atoms with Crippen LogP contribution in [0.2, 0.25) is 5.02 Å². The third-order valence-corrected chi connectivity index (χ3v) is 2.42. The molecule has 1 rings (SSSR count). The van der Waals surface area contributed by atoms with E-state index in [2.05, 4.69) is 32.2 Å². The van der Waals surface area contributed by atoms with Crippen molar-refractivity contribution >= 4 is 11.6 Å². The Labute approximate surface area is 91.5 Å². The first-order chi connectivity index (χ1) is 6.59. The highest BCUT2D eigenvalue weighted by Gasteiger charge is 2.05. The summed E-state index contributed by atoms with van der Waals surface area (Å²) >= 11 is 5.92. The smallest absolute Gasteiger partial charge is 0.0409 e. The van der Waals surface area contributed by atoms with Crippen molar-refractivity contribution in [1.29, 1.82) is 0 Å². The highest BCUT2D eigenvalue weighted by molar-refractivity contribution is 6.30. The summed E-state index contributed by atoms with van der Waals surface area (Å²) in [7, 11) is 0. The molecule has 1 N–H and O–H groups in total. The maximum absolute atomic E-state index is 5.92. The fourth-order valence-electron chi connectivity index (χ4n) is 1.31. The molecular weight excluding hydrogens is 194 g/mol. The molecule has 0 aromatic heterocycles. The third-order valence-electron chi connectivity index (χ3n) is 2.18. The van der Waals surface area contributed by atoms with E-state index in [4.69, 9.17) is 11.6 Å². The van der Waals surface area contributed by atoms with E-state index in [1.54, 1.807) is 0 Å². The van der Waals surface area contributed by atoms with E-state index in [0.29, 0.717) is 12.0 Å². The second-order valence-electron chi connectivity index (χ2n) is 4.08. The van der Waals surface area contributed by atoms with Crippen molar-refractivity contribution in [2.24, 2.45) is 5.92 Å². The lowest BCUT2D eigenvalue weighted by Crippen LogP contribution is -2.23. The number of nitrogens with one attached hydrogen (secondary N) is 1. The summed E-state index contributed by atoms with van der Waals surface area (Å²) in [5, 5.41) is 4.27. The zero-order valence-electron chi connectivity index (χ0n) is 9.05. The zero-order valence-corrected chi connectivity index (χ0v) is 9.81. The van der Waals surface area contributed by atoms with E-state index in [9.17, 15) is 0 Å². The maximum atomic E-state index is 5.92. The van der Waals surface area contributed by atoms with Crippen LogP contribution in [0.4, 0.5) is 0 Å². The van der Waals surface area contributed by atoms with Gasteiger partial charge in [0.25, 0.3) is 0 Å². The number of rotatable bonds is 4. The van der Waals surface area contributed by atoms with E-state index in [0.717, 1.165) is 11.6 Å². The molecule has 0 bridgehead atoms. The van der Waals surface area contributed by atoms with Crippen LogP contribution in [0.1, 0.15) is 32.4 Å². The molecule has 1 aromatic carbocycles. The number of hydrogen-bond acceptors (Lipinski definition) is 1. The summed E-state index contributed by atoms with van der Waals surface area (Å²) in [5.74, 6) is 0.677. The molecule has 0 amide bonds. The van der Waals surface area contributed by atoms with E-state index in [1.807, 2.05) is 18.2 Å². The van der Waals surface area contributed by atoms with Gasteiger partial charge in [0, 0.05) is 11.1 Å². The van der Waals surface area contributed by atoms with Gasteiger partial charge in [-0.1, -0.05) is 37.6 Å². The normalized spacial score (nSPS) is 13.2. The van der Waals surface area contributed by atoms with E-state index in [1.165, 1.54) is 5.56 Å². The summed E-state index contributed by atoms with van der Waals surface area (Å²) in [6.07, 6.45) is 0. The first-order valence-electron chi connectivity index (χ1n) is 5.08. The quantitative estimate of drug-likeness (QED) is 0.802. The molecule has 0 saturated heterocycles. The number of halogens is 1. The topological polar surface area (TPSA) is 12.0 Å². The van der Waals surface area contributed by atoms with Gasteiger partial charge in [-0.3, -0.25) is 0 Å². The van der Waals surface area contributed by atoms with Crippen LogP contribution in [0.5, 0.6) is 0 Å². The van der Waals surface area contributed by atoms with Crippen molar-refractivity contribution in [3.63, 3.8) is 0 Å². The Morgan fingerprint density at radius 2 is 2.00 bits per heavy atom. The molecule has 0 unspecified atom stereocenters. The molecule has 0 aliphatic heterocycles. The van der Waals surface area contributed by atoms with Crippen LogP contribution in [-0.2, 0) is 0 Å². The van der Waals surface area contributed by atoms with Crippen molar-refractivity contribution in [1.82, 2.24) is 5.32 Å². The second-order valence-corrected chi connectivity index (χ2v) is 4.52. The Hall–Kier alpha value is -0.530. The molecular formula is C12H18ClN. The fraction of sp³-hybridized carbons (Fsp3) is 0.500. The largest absolute Gasteiger partial charge is 0.310 e. The van der Waals surface area contributed by atoms with Gasteiger partial charge in [0.15, 0.2) is 0 Å². The predicted molar refractivity (Wildman–Crippen MR) is 62.7 cm³/mol. The minimum Gasteiger partial charge on any atom is -0.310 e. The Bertz CT molecular complexity index is 283. The molecule has 0 saturated carbocycles. The average molecular weight is 212 g/mol. The zero-order chi connectivity index (χ0) is 10.6. The number of hydrogen-bond donors (Lipinski definition) is 1. The van der Waals surface area contributed by atoms with Gasteiger partial charge < -0.3 is 5.32 Å². The highest BCUT2D eigenvalue weighted by Crippen LogP contribution is 2.17. The molecule has 2 heteroatoms. The van der Waals surface area contributed by atoms with Gasteiger partial charge in [-0.15, -0.1) is 0 Å². The molecule has 0 fully saturated rings. The van der Waals surface area contributed by atoms with Crippen molar-refractivity contribution in [2.45, 2.75) is 26.8 Å². The summed E-state index contributed by atoms with van der Waals surface area (Å²) in [4.78, 5) is 0. The second kappa shape index (κ2) is 5.38. The Morgan fingerprint density at radius 3 is 2.57 bits per heavy atom. The van der Waals surface area contributed by atoms with Gasteiger partial charge in [0.05, 0.1) is 0 Å². The number of benzene rings is 1. The molecule has 0 heterocycles. The monoisotopic (exact) mass is 211 g/mol. The van der Waals surface area contributed by atoms with Crippen molar-refractivity contribution < 1.29 is 0 Å². The van der Waals surface area contributed by atoms with Gasteiger partial charge in [-0.2, -0.15) is 0 Å². The van der Waals surface area contributed by atoms with Crippen molar-refractivity contribution in [3.8, 4) is 0 Å². The molecule has 14 heavy (non-hydrogen) atoms. The molecule has 1 atom stereocenters. The molecule has 78 valence electrons. The Morgan fingerprint density at radius 1 is 1.29 bits per heavy atom. The standard InChI is InChI=1S/C12H18ClN/c1-9(2)8-14-10(3)11-5-4-6-12(13)7-11/h4-7,9-10,14H,8H2,1-3H3/t10-/m0/s1. The maximum Gasteiger partial charge on any atom is 0.0409 e. The van der Waals surface area contributed by atoms with Crippen molar-refractivity contribution in [3.05, 3.63) is 34.9 Å². The van der Waals surface area contributed by atoms with Gasteiger partial charge in [-0.25, -0.2) is 0 Å². The van der Waals surface area contributed by atoms with E-state index >= 15 is 0 Å². The lowest BCUT2D eigenvalue weighted by Gasteiger charge is -2.15. The lowest BCUT2D eigenvalue weighted by atomic mass is 10.1. The molecule has 0 radical (unpaired) electrons. The Kier molecular flexibility index (Phi) is 4.43. The molecule has 1 nitrogen and oxygen atoms in total. The average Bonchev–Trinajstić information content (AvgIpc) is 2.14. The molecule has 0 aliphatic carbocycles. The van der Waals surface area contributed by atoms with Gasteiger partial charge in [-0.05, 0) is 37.1 Å². The van der Waals surface area contributed by atoms with E-state index < -0.39 is 0 Å². The molecule has 0 aliphatic rings. The SMILES string of the molecule is CC(C)CN[C@@H](C)c1cccc(Cl)c1. The van der Waals surface area contributed by atoms with Crippen LogP contribution in [0.25, 0.3) is 0 Å². The van der Waals surface area contributed by atoms with Crippen LogP contribution in [-0.4, -0.2) is 6.54 Å². The summed E-state index contributed by atoms with van der Waals surface area (Å²) in [6.45, 7) is 7.61. The molecule has 1 aromatic rings. The summed E-state index contributed by atoms with van der Waals surface area (Å²) in [6, 6.07) is 8.38. The van der Waals surface area contributed by atoms with Crippen LogP contribution < -0.4 is 5.32 Å². The van der Waals surface area contributed by atoms with Crippen LogP contribution in [0.3, 0.4) is 0 Å². The van der Waals surface area contributed by atoms with Gasteiger partial charge in [0.2, 0.25) is 0 Å². The molecule has 0 spiro atoms. The minimum atomic E-state index is 0.371. The minimum absolute atomic E-state index is 0.371. The highest BCUT2D eigenvalue weighted by atomic mass is 35.5. The van der Waals surface area contributed by atoms with Gasteiger partial charge in [0.1, 0.15) is 0 Å². The van der Waals surface area contributed by atoms with E-state index in [-0.39, 0.29) is 0 Å². The Balaban J connectivity index is 2.56. The van der Waals surface area contributed by atoms with Crippen LogP contribution in [0.15, 0.2) is 24.3 Å². The third kappa shape index (κ3) is 3.69. The first kappa shape index (κ1) is 11.5. The lowest BCUT2D eigenvalue weighted by molar-refractivity contribution is 0.496. The van der Waals surface area contributed by atoms with Crippen molar-refractivity contribution in [2.75, 3.05) is 6.54 Å².